The second kappa shape index (κ2) is 7.31. The third-order valence-electron chi connectivity index (χ3n) is 3.80. The van der Waals surface area contributed by atoms with Gasteiger partial charge in [0, 0.05) is 16.8 Å². The standard InChI is InChI=1S/C15H18BrNO3S/c16-12-4-2-11(3-5-12)15(6-1-7-15)14(20)17-8-9-21-10-13(18)19/h2-5H,1,6-10H2,(H,17,20)(H,18,19). The Morgan fingerprint density at radius 1 is 1.29 bits per heavy atom. The molecular formula is C15H18BrNO3S. The van der Waals surface area contributed by atoms with E-state index in [9.17, 15) is 9.59 Å². The van der Waals surface area contributed by atoms with Crippen molar-refractivity contribution in [2.45, 2.75) is 24.7 Å². The van der Waals surface area contributed by atoms with Gasteiger partial charge < -0.3 is 10.4 Å². The van der Waals surface area contributed by atoms with E-state index in [1.165, 1.54) is 11.8 Å². The number of carboxylic acid groups (broad SMARTS) is 1. The van der Waals surface area contributed by atoms with Crippen molar-refractivity contribution in [3.05, 3.63) is 34.3 Å². The predicted octanol–water partition coefficient (Wildman–Crippen LogP) is 2.80. The molecule has 1 aromatic rings. The van der Waals surface area contributed by atoms with Crippen LogP contribution in [0.1, 0.15) is 24.8 Å². The van der Waals surface area contributed by atoms with Crippen LogP contribution in [0.3, 0.4) is 0 Å². The third kappa shape index (κ3) is 4.01. The summed E-state index contributed by atoms with van der Waals surface area (Å²) in [6, 6.07) is 7.93. The first kappa shape index (κ1) is 16.4. The maximum Gasteiger partial charge on any atom is 0.313 e. The molecule has 1 amide bonds. The normalized spacial score (nSPS) is 16.0. The van der Waals surface area contributed by atoms with Gasteiger partial charge in [0.25, 0.3) is 0 Å². The summed E-state index contributed by atoms with van der Waals surface area (Å²) < 4.78 is 1.01. The van der Waals surface area contributed by atoms with Gasteiger partial charge in [-0.05, 0) is 30.5 Å². The Kier molecular flexibility index (Phi) is 5.70. The SMILES string of the molecule is O=C(O)CSCCNC(=O)C1(c2ccc(Br)cc2)CCC1. The molecule has 1 aromatic carbocycles. The molecule has 21 heavy (non-hydrogen) atoms. The third-order valence-corrected chi connectivity index (χ3v) is 5.27. The molecule has 0 aromatic heterocycles. The molecule has 2 rings (SSSR count). The van der Waals surface area contributed by atoms with Crippen LogP contribution in [0.25, 0.3) is 0 Å². The lowest BCUT2D eigenvalue weighted by Gasteiger charge is -2.40. The Morgan fingerprint density at radius 2 is 1.95 bits per heavy atom. The lowest BCUT2D eigenvalue weighted by molar-refractivity contribution is -0.134. The van der Waals surface area contributed by atoms with Gasteiger partial charge in [-0.1, -0.05) is 34.5 Å². The minimum Gasteiger partial charge on any atom is -0.481 e. The van der Waals surface area contributed by atoms with Crippen LogP contribution < -0.4 is 5.32 Å². The zero-order chi connectivity index (χ0) is 15.3. The molecule has 0 spiro atoms. The molecule has 0 saturated heterocycles. The van der Waals surface area contributed by atoms with Crippen LogP contribution in [0.2, 0.25) is 0 Å². The quantitative estimate of drug-likeness (QED) is 0.723. The molecule has 1 aliphatic carbocycles. The summed E-state index contributed by atoms with van der Waals surface area (Å²) in [5.74, 6) is -0.0639. The molecule has 0 unspecified atom stereocenters. The van der Waals surface area contributed by atoms with Gasteiger partial charge in [0.1, 0.15) is 0 Å². The number of rotatable bonds is 7. The van der Waals surface area contributed by atoms with Crippen LogP contribution in [0.5, 0.6) is 0 Å². The van der Waals surface area contributed by atoms with Crippen LogP contribution >= 0.6 is 27.7 Å². The Balaban J connectivity index is 1.89. The van der Waals surface area contributed by atoms with E-state index in [4.69, 9.17) is 5.11 Å². The number of halogens is 1. The summed E-state index contributed by atoms with van der Waals surface area (Å²) in [7, 11) is 0. The van der Waals surface area contributed by atoms with E-state index in [2.05, 4.69) is 21.2 Å². The highest BCUT2D eigenvalue weighted by Crippen LogP contribution is 2.44. The number of carbonyl (C=O) groups excluding carboxylic acids is 1. The van der Waals surface area contributed by atoms with Crippen molar-refractivity contribution >= 4 is 39.6 Å². The number of aliphatic carboxylic acids is 1. The summed E-state index contributed by atoms with van der Waals surface area (Å²) in [5, 5.41) is 11.5. The smallest absolute Gasteiger partial charge is 0.313 e. The Labute approximate surface area is 136 Å². The highest BCUT2D eigenvalue weighted by atomic mass is 79.9. The van der Waals surface area contributed by atoms with Crippen molar-refractivity contribution in [1.82, 2.24) is 5.32 Å². The number of amides is 1. The topological polar surface area (TPSA) is 66.4 Å². The van der Waals surface area contributed by atoms with Crippen molar-refractivity contribution in [1.29, 1.82) is 0 Å². The number of hydrogen-bond donors (Lipinski definition) is 2. The highest BCUT2D eigenvalue weighted by molar-refractivity contribution is 9.10. The second-order valence-electron chi connectivity index (χ2n) is 5.14. The van der Waals surface area contributed by atoms with Crippen LogP contribution in [0.4, 0.5) is 0 Å². The Morgan fingerprint density at radius 3 is 2.48 bits per heavy atom. The van der Waals surface area contributed by atoms with Gasteiger partial charge in [-0.15, -0.1) is 11.8 Å². The molecule has 0 radical (unpaired) electrons. The largest absolute Gasteiger partial charge is 0.481 e. The molecule has 1 saturated carbocycles. The molecule has 0 heterocycles. The summed E-state index contributed by atoms with van der Waals surface area (Å²) in [6.45, 7) is 0.509. The fourth-order valence-electron chi connectivity index (χ4n) is 2.51. The summed E-state index contributed by atoms with van der Waals surface area (Å²) >= 11 is 4.73. The number of carboxylic acids is 1. The monoisotopic (exact) mass is 371 g/mol. The van der Waals surface area contributed by atoms with Crippen molar-refractivity contribution in [3.63, 3.8) is 0 Å². The minimum atomic E-state index is -0.823. The molecule has 1 fully saturated rings. The minimum absolute atomic E-state index is 0.0620. The Hall–Kier alpha value is -1.01. The van der Waals surface area contributed by atoms with E-state index in [1.54, 1.807) is 0 Å². The Bertz CT molecular complexity index is 514. The highest BCUT2D eigenvalue weighted by Gasteiger charge is 2.45. The van der Waals surface area contributed by atoms with Crippen molar-refractivity contribution in [2.75, 3.05) is 18.1 Å². The summed E-state index contributed by atoms with van der Waals surface area (Å²) in [4.78, 5) is 22.9. The second-order valence-corrected chi connectivity index (χ2v) is 7.17. The molecule has 6 heteroatoms. The van der Waals surface area contributed by atoms with Crippen molar-refractivity contribution in [2.24, 2.45) is 0 Å². The fourth-order valence-corrected chi connectivity index (χ4v) is 3.34. The van der Waals surface area contributed by atoms with Gasteiger partial charge in [-0.25, -0.2) is 0 Å². The molecule has 1 aliphatic rings. The van der Waals surface area contributed by atoms with E-state index in [1.807, 2.05) is 24.3 Å². The van der Waals surface area contributed by atoms with E-state index >= 15 is 0 Å². The van der Waals surface area contributed by atoms with Crippen molar-refractivity contribution in [3.8, 4) is 0 Å². The summed E-state index contributed by atoms with van der Waals surface area (Å²) in [5.41, 5.74) is 0.672. The molecule has 114 valence electrons. The first-order chi connectivity index (χ1) is 10.0. The summed E-state index contributed by atoms with van der Waals surface area (Å²) in [6.07, 6.45) is 2.82. The van der Waals surface area contributed by atoms with Gasteiger partial charge in [-0.2, -0.15) is 0 Å². The van der Waals surface area contributed by atoms with Crippen LogP contribution in [-0.2, 0) is 15.0 Å². The molecule has 0 aliphatic heterocycles. The maximum atomic E-state index is 12.5. The number of nitrogens with one attached hydrogen (secondary N) is 1. The van der Waals surface area contributed by atoms with E-state index in [0.29, 0.717) is 12.3 Å². The maximum absolute atomic E-state index is 12.5. The molecule has 2 N–H and O–H groups in total. The predicted molar refractivity (Wildman–Crippen MR) is 87.6 cm³/mol. The van der Waals surface area contributed by atoms with Crippen molar-refractivity contribution < 1.29 is 14.7 Å². The van der Waals surface area contributed by atoms with E-state index in [0.717, 1.165) is 29.3 Å². The van der Waals surface area contributed by atoms with Gasteiger partial charge >= 0.3 is 5.97 Å². The van der Waals surface area contributed by atoms with Crippen LogP contribution in [0, 0.1) is 0 Å². The van der Waals surface area contributed by atoms with Gasteiger partial charge in [-0.3, -0.25) is 9.59 Å². The zero-order valence-electron chi connectivity index (χ0n) is 11.6. The number of hydrogen-bond acceptors (Lipinski definition) is 3. The van der Waals surface area contributed by atoms with Gasteiger partial charge in [0.05, 0.1) is 11.2 Å². The first-order valence-electron chi connectivity index (χ1n) is 6.88. The molecule has 0 bridgehead atoms. The van der Waals surface area contributed by atoms with Gasteiger partial charge in [0.15, 0.2) is 0 Å². The van der Waals surface area contributed by atoms with E-state index in [-0.39, 0.29) is 11.7 Å². The lowest BCUT2D eigenvalue weighted by atomic mass is 9.64. The average molecular weight is 372 g/mol. The number of benzene rings is 1. The molecule has 0 atom stereocenters. The average Bonchev–Trinajstić information content (AvgIpc) is 2.39. The molecular weight excluding hydrogens is 354 g/mol. The van der Waals surface area contributed by atoms with E-state index < -0.39 is 11.4 Å². The zero-order valence-corrected chi connectivity index (χ0v) is 14.0. The molecule has 4 nitrogen and oxygen atoms in total. The van der Waals surface area contributed by atoms with Gasteiger partial charge in [0.2, 0.25) is 5.91 Å². The van der Waals surface area contributed by atoms with Crippen LogP contribution in [-0.4, -0.2) is 35.0 Å². The number of thioether (sulfide) groups is 1. The lowest BCUT2D eigenvalue weighted by Crippen LogP contribution is -2.49. The fraction of sp³-hybridized carbons (Fsp3) is 0.467. The number of carbonyl (C=O) groups is 2. The first-order valence-corrected chi connectivity index (χ1v) is 8.83. The van der Waals surface area contributed by atoms with Crippen LogP contribution in [0.15, 0.2) is 28.7 Å².